The molecule has 3 nitrogen and oxygen atoms in total. The van der Waals surface area contributed by atoms with E-state index in [0.717, 1.165) is 32.0 Å². The molecule has 3 heteroatoms. The van der Waals surface area contributed by atoms with Crippen LogP contribution in [0.2, 0.25) is 0 Å². The van der Waals surface area contributed by atoms with Crippen LogP contribution < -0.4 is 5.32 Å². The Morgan fingerprint density at radius 2 is 1.80 bits per heavy atom. The van der Waals surface area contributed by atoms with Gasteiger partial charge in [-0.25, -0.2) is 0 Å². The molecule has 1 fully saturated rings. The predicted octanol–water partition coefficient (Wildman–Crippen LogP) is 1.70. The van der Waals surface area contributed by atoms with Gasteiger partial charge in [0.2, 0.25) is 0 Å². The van der Waals surface area contributed by atoms with Gasteiger partial charge in [0.05, 0.1) is 0 Å². The van der Waals surface area contributed by atoms with E-state index in [4.69, 9.17) is 9.84 Å². The van der Waals surface area contributed by atoms with Gasteiger partial charge in [-0.1, -0.05) is 19.3 Å². The highest BCUT2D eigenvalue weighted by Gasteiger charge is 2.11. The fraction of sp³-hybridized carbons (Fsp3) is 1.00. The minimum Gasteiger partial charge on any atom is -0.396 e. The van der Waals surface area contributed by atoms with Gasteiger partial charge >= 0.3 is 0 Å². The Labute approximate surface area is 93.2 Å². The summed E-state index contributed by atoms with van der Waals surface area (Å²) in [7, 11) is 0. The third-order valence-corrected chi connectivity index (χ3v) is 2.95. The zero-order valence-electron chi connectivity index (χ0n) is 9.71. The summed E-state index contributed by atoms with van der Waals surface area (Å²) in [5, 5.41) is 12.1. The van der Waals surface area contributed by atoms with Gasteiger partial charge in [0.15, 0.2) is 0 Å². The largest absolute Gasteiger partial charge is 0.396 e. The molecule has 0 heterocycles. The molecule has 0 saturated heterocycles. The van der Waals surface area contributed by atoms with Crippen LogP contribution >= 0.6 is 0 Å². The second-order valence-electron chi connectivity index (χ2n) is 4.33. The van der Waals surface area contributed by atoms with Crippen molar-refractivity contribution in [1.29, 1.82) is 0 Å². The highest BCUT2D eigenvalue weighted by atomic mass is 16.5. The summed E-state index contributed by atoms with van der Waals surface area (Å²) < 4.78 is 5.36. The topological polar surface area (TPSA) is 41.5 Å². The van der Waals surface area contributed by atoms with Crippen molar-refractivity contribution in [2.24, 2.45) is 0 Å². The Balaban J connectivity index is 1.79. The fourth-order valence-corrected chi connectivity index (χ4v) is 2.06. The molecule has 0 aromatic heterocycles. The molecular weight excluding hydrogens is 190 g/mol. The maximum absolute atomic E-state index is 8.55. The Morgan fingerprint density at radius 3 is 2.53 bits per heavy atom. The number of aliphatic hydroxyl groups is 1. The zero-order chi connectivity index (χ0) is 10.8. The molecule has 0 unspecified atom stereocenters. The highest BCUT2D eigenvalue weighted by molar-refractivity contribution is 4.71. The summed E-state index contributed by atoms with van der Waals surface area (Å²) in [6.07, 6.45) is 8.76. The molecule has 0 spiro atoms. The van der Waals surface area contributed by atoms with Gasteiger partial charge in [0, 0.05) is 25.9 Å². The van der Waals surface area contributed by atoms with Crippen LogP contribution in [0.1, 0.15) is 44.9 Å². The minimum atomic E-state index is 0.236. The van der Waals surface area contributed by atoms with Gasteiger partial charge in [-0.3, -0.25) is 0 Å². The summed E-state index contributed by atoms with van der Waals surface area (Å²) in [6, 6.07) is 0.760. The van der Waals surface area contributed by atoms with Crippen molar-refractivity contribution in [1.82, 2.24) is 5.32 Å². The number of hydrogen-bond donors (Lipinski definition) is 2. The van der Waals surface area contributed by atoms with Crippen LogP contribution in [0.4, 0.5) is 0 Å². The molecule has 2 N–H and O–H groups in total. The van der Waals surface area contributed by atoms with Crippen LogP contribution in [0.3, 0.4) is 0 Å². The molecular formula is C12H25NO2. The van der Waals surface area contributed by atoms with Crippen molar-refractivity contribution in [2.45, 2.75) is 51.0 Å². The van der Waals surface area contributed by atoms with E-state index in [1.165, 1.54) is 32.1 Å². The molecule has 0 atom stereocenters. The molecule has 0 amide bonds. The summed E-state index contributed by atoms with van der Waals surface area (Å²) in [5.41, 5.74) is 0. The summed E-state index contributed by atoms with van der Waals surface area (Å²) in [6.45, 7) is 2.82. The first-order valence-corrected chi connectivity index (χ1v) is 6.35. The van der Waals surface area contributed by atoms with Crippen molar-refractivity contribution in [3.05, 3.63) is 0 Å². The van der Waals surface area contributed by atoms with Crippen molar-refractivity contribution < 1.29 is 9.84 Å². The second-order valence-corrected chi connectivity index (χ2v) is 4.33. The predicted molar refractivity (Wildman–Crippen MR) is 62.0 cm³/mol. The van der Waals surface area contributed by atoms with Crippen LogP contribution in [0.5, 0.6) is 0 Å². The summed E-state index contributed by atoms with van der Waals surface area (Å²) >= 11 is 0. The number of ether oxygens (including phenoxy) is 1. The van der Waals surface area contributed by atoms with E-state index < -0.39 is 0 Å². The van der Waals surface area contributed by atoms with Gasteiger partial charge in [-0.05, 0) is 32.2 Å². The molecule has 0 bridgehead atoms. The van der Waals surface area contributed by atoms with Crippen molar-refractivity contribution in [3.8, 4) is 0 Å². The smallest absolute Gasteiger partial charge is 0.0487 e. The van der Waals surface area contributed by atoms with Crippen LogP contribution in [0.15, 0.2) is 0 Å². The van der Waals surface area contributed by atoms with Crippen LogP contribution in [0.25, 0.3) is 0 Å². The standard InChI is InChI=1S/C12H25NO2/c14-9-5-11-15-10-4-8-13-12-6-2-1-3-7-12/h12-14H,1-11H2. The minimum absolute atomic E-state index is 0.236. The molecule has 0 aromatic carbocycles. The van der Waals surface area contributed by atoms with E-state index in [0.29, 0.717) is 6.61 Å². The average Bonchev–Trinajstić information content (AvgIpc) is 2.29. The molecule has 0 radical (unpaired) electrons. The fourth-order valence-electron chi connectivity index (χ4n) is 2.06. The Bertz CT molecular complexity index is 136. The molecule has 1 rings (SSSR count). The Hall–Kier alpha value is -0.120. The quantitative estimate of drug-likeness (QED) is 0.606. The number of hydrogen-bond acceptors (Lipinski definition) is 3. The van der Waals surface area contributed by atoms with Gasteiger partial charge < -0.3 is 15.2 Å². The summed E-state index contributed by atoms with van der Waals surface area (Å²) in [5.74, 6) is 0. The number of rotatable bonds is 8. The molecule has 90 valence electrons. The van der Waals surface area contributed by atoms with E-state index in [1.807, 2.05) is 0 Å². The highest BCUT2D eigenvalue weighted by Crippen LogP contribution is 2.17. The maximum Gasteiger partial charge on any atom is 0.0487 e. The molecule has 1 aliphatic rings. The summed E-state index contributed by atoms with van der Waals surface area (Å²) in [4.78, 5) is 0. The lowest BCUT2D eigenvalue weighted by Gasteiger charge is -2.22. The Morgan fingerprint density at radius 1 is 1.07 bits per heavy atom. The first kappa shape index (κ1) is 12.9. The maximum atomic E-state index is 8.55. The average molecular weight is 215 g/mol. The molecule has 0 aromatic rings. The third-order valence-electron chi connectivity index (χ3n) is 2.95. The molecule has 1 aliphatic carbocycles. The first-order chi connectivity index (χ1) is 7.43. The van der Waals surface area contributed by atoms with E-state index in [-0.39, 0.29) is 6.61 Å². The van der Waals surface area contributed by atoms with Crippen molar-refractivity contribution in [2.75, 3.05) is 26.4 Å². The van der Waals surface area contributed by atoms with Gasteiger partial charge in [0.1, 0.15) is 0 Å². The molecule has 15 heavy (non-hydrogen) atoms. The molecule has 1 saturated carbocycles. The van der Waals surface area contributed by atoms with E-state index in [9.17, 15) is 0 Å². The second kappa shape index (κ2) is 9.13. The third kappa shape index (κ3) is 6.88. The van der Waals surface area contributed by atoms with E-state index in [1.54, 1.807) is 0 Å². The van der Waals surface area contributed by atoms with Crippen molar-refractivity contribution >= 4 is 0 Å². The lowest BCUT2D eigenvalue weighted by atomic mass is 9.95. The van der Waals surface area contributed by atoms with Gasteiger partial charge in [-0.15, -0.1) is 0 Å². The van der Waals surface area contributed by atoms with Crippen LogP contribution in [-0.4, -0.2) is 37.5 Å². The SMILES string of the molecule is OCCCOCCCNC1CCCCC1. The van der Waals surface area contributed by atoms with E-state index >= 15 is 0 Å². The first-order valence-electron chi connectivity index (χ1n) is 6.35. The zero-order valence-corrected chi connectivity index (χ0v) is 9.71. The lowest BCUT2D eigenvalue weighted by molar-refractivity contribution is 0.113. The number of aliphatic hydroxyl groups excluding tert-OH is 1. The lowest BCUT2D eigenvalue weighted by Crippen LogP contribution is -2.32. The Kier molecular flexibility index (Phi) is 7.88. The van der Waals surface area contributed by atoms with Crippen LogP contribution in [-0.2, 0) is 4.74 Å². The van der Waals surface area contributed by atoms with E-state index in [2.05, 4.69) is 5.32 Å². The van der Waals surface area contributed by atoms with Crippen molar-refractivity contribution in [3.63, 3.8) is 0 Å². The van der Waals surface area contributed by atoms with Gasteiger partial charge in [-0.2, -0.15) is 0 Å². The normalized spacial score (nSPS) is 18.2. The van der Waals surface area contributed by atoms with Crippen LogP contribution in [0, 0.1) is 0 Å². The number of nitrogens with one attached hydrogen (secondary N) is 1. The monoisotopic (exact) mass is 215 g/mol. The molecule has 0 aliphatic heterocycles. The van der Waals surface area contributed by atoms with Gasteiger partial charge in [0.25, 0.3) is 0 Å².